The van der Waals surface area contributed by atoms with Gasteiger partial charge in [-0.3, -0.25) is 14.4 Å². The first kappa shape index (κ1) is 21.5. The minimum absolute atomic E-state index is 0.0274. The molecular formula is C24H20N2O5S. The summed E-state index contributed by atoms with van der Waals surface area (Å²) in [6, 6.07) is 16.5. The first-order valence-electron chi connectivity index (χ1n) is 10.1. The number of hydrogen-bond donors (Lipinski definition) is 2. The predicted molar refractivity (Wildman–Crippen MR) is 119 cm³/mol. The van der Waals surface area contributed by atoms with Crippen LogP contribution in [0.15, 0.2) is 76.5 Å². The van der Waals surface area contributed by atoms with E-state index in [1.807, 2.05) is 6.92 Å². The maximum absolute atomic E-state index is 13.1. The molecule has 32 heavy (non-hydrogen) atoms. The van der Waals surface area contributed by atoms with Crippen LogP contribution in [0, 0.1) is 0 Å². The molecule has 0 aliphatic carbocycles. The van der Waals surface area contributed by atoms with Crippen molar-refractivity contribution in [1.29, 1.82) is 0 Å². The number of para-hydroxylation sites is 1. The largest absolute Gasteiger partial charge is 0.352 e. The lowest BCUT2D eigenvalue weighted by molar-refractivity contribution is 0.0953. The molecule has 2 amide bonds. The normalized spacial score (nSPS) is 13.6. The summed E-state index contributed by atoms with van der Waals surface area (Å²) in [5.74, 6) is -1.32. The Hall–Kier alpha value is -3.78. The molecule has 2 N–H and O–H groups in total. The van der Waals surface area contributed by atoms with Crippen molar-refractivity contribution in [3.8, 4) is 0 Å². The Morgan fingerprint density at radius 2 is 1.53 bits per heavy atom. The standard InChI is InChI=1S/C24H20N2O5S/c1-2-13-25-24(29)16-7-3-5-9-19(16)26-23(28)15-11-12-18-21(14-15)32(30,31)20-10-6-4-8-17(20)22(18)27/h3-12,14H,2,13H2,1H3,(H,25,29)(H,26,28). The fourth-order valence-corrected chi connectivity index (χ4v) is 5.22. The summed E-state index contributed by atoms with van der Waals surface area (Å²) >= 11 is 0. The van der Waals surface area contributed by atoms with Gasteiger partial charge in [0.25, 0.3) is 11.8 Å². The number of carbonyl (C=O) groups excluding carboxylic acids is 3. The SMILES string of the molecule is CCCNC(=O)c1ccccc1NC(=O)c1ccc2c(c1)S(=O)(=O)c1ccccc1C2=O. The van der Waals surface area contributed by atoms with Gasteiger partial charge in [-0.2, -0.15) is 0 Å². The number of sulfone groups is 1. The molecule has 0 saturated heterocycles. The van der Waals surface area contributed by atoms with Crippen molar-refractivity contribution in [3.63, 3.8) is 0 Å². The van der Waals surface area contributed by atoms with Crippen LogP contribution >= 0.6 is 0 Å². The van der Waals surface area contributed by atoms with Crippen LogP contribution in [0.25, 0.3) is 0 Å². The number of amides is 2. The molecule has 0 saturated carbocycles. The van der Waals surface area contributed by atoms with Gasteiger partial charge >= 0.3 is 0 Å². The van der Waals surface area contributed by atoms with Crippen LogP contribution < -0.4 is 10.6 Å². The summed E-state index contributed by atoms with van der Waals surface area (Å²) < 4.78 is 26.2. The van der Waals surface area contributed by atoms with Gasteiger partial charge < -0.3 is 10.6 Å². The molecule has 7 nitrogen and oxygen atoms in total. The van der Waals surface area contributed by atoms with Gasteiger partial charge in [0.1, 0.15) is 0 Å². The van der Waals surface area contributed by atoms with Crippen LogP contribution in [0.4, 0.5) is 5.69 Å². The quantitative estimate of drug-likeness (QED) is 0.486. The first-order valence-corrected chi connectivity index (χ1v) is 11.5. The smallest absolute Gasteiger partial charge is 0.255 e. The number of carbonyl (C=O) groups is 3. The summed E-state index contributed by atoms with van der Waals surface area (Å²) in [6.07, 6.45) is 0.770. The third-order valence-corrected chi connectivity index (χ3v) is 7.01. The van der Waals surface area contributed by atoms with Gasteiger partial charge in [0.15, 0.2) is 5.78 Å². The summed E-state index contributed by atoms with van der Waals surface area (Å²) in [5, 5.41) is 5.43. The monoisotopic (exact) mass is 448 g/mol. The highest BCUT2D eigenvalue weighted by atomic mass is 32.2. The highest BCUT2D eigenvalue weighted by Gasteiger charge is 2.35. The van der Waals surface area contributed by atoms with Gasteiger partial charge in [0, 0.05) is 23.2 Å². The van der Waals surface area contributed by atoms with E-state index in [9.17, 15) is 22.8 Å². The van der Waals surface area contributed by atoms with Gasteiger partial charge in [-0.05, 0) is 48.9 Å². The Morgan fingerprint density at radius 1 is 0.844 bits per heavy atom. The number of hydrogen-bond acceptors (Lipinski definition) is 5. The van der Waals surface area contributed by atoms with Crippen molar-refractivity contribution in [1.82, 2.24) is 5.32 Å². The van der Waals surface area contributed by atoms with E-state index in [0.717, 1.165) is 6.42 Å². The van der Waals surface area contributed by atoms with Crippen LogP contribution in [-0.2, 0) is 9.84 Å². The Labute approximate surface area is 185 Å². The second-order valence-electron chi connectivity index (χ2n) is 7.30. The van der Waals surface area contributed by atoms with Crippen molar-refractivity contribution in [2.75, 3.05) is 11.9 Å². The Balaban J connectivity index is 1.68. The summed E-state index contributed by atoms with van der Waals surface area (Å²) in [6.45, 7) is 2.43. The minimum atomic E-state index is -3.96. The second kappa shape index (κ2) is 8.39. The van der Waals surface area contributed by atoms with E-state index in [-0.39, 0.29) is 32.4 Å². The Morgan fingerprint density at radius 3 is 2.31 bits per heavy atom. The molecule has 3 aromatic rings. The molecule has 0 radical (unpaired) electrons. The zero-order valence-corrected chi connectivity index (χ0v) is 18.0. The van der Waals surface area contributed by atoms with E-state index in [1.165, 1.54) is 30.3 Å². The van der Waals surface area contributed by atoms with E-state index in [2.05, 4.69) is 10.6 Å². The third kappa shape index (κ3) is 3.69. The van der Waals surface area contributed by atoms with Gasteiger partial charge in [-0.15, -0.1) is 0 Å². The van der Waals surface area contributed by atoms with E-state index >= 15 is 0 Å². The lowest BCUT2D eigenvalue weighted by atomic mass is 10.0. The third-order valence-electron chi connectivity index (χ3n) is 5.15. The molecule has 0 atom stereocenters. The number of anilines is 1. The zero-order chi connectivity index (χ0) is 22.9. The van der Waals surface area contributed by atoms with Gasteiger partial charge in [0.05, 0.1) is 21.0 Å². The molecule has 3 aromatic carbocycles. The molecule has 1 heterocycles. The van der Waals surface area contributed by atoms with Crippen molar-refractivity contribution >= 4 is 33.1 Å². The fourth-order valence-electron chi connectivity index (χ4n) is 3.54. The van der Waals surface area contributed by atoms with Crippen molar-refractivity contribution in [2.24, 2.45) is 0 Å². The average molecular weight is 449 g/mol. The number of ketones is 1. The minimum Gasteiger partial charge on any atom is -0.352 e. The van der Waals surface area contributed by atoms with Gasteiger partial charge in [0.2, 0.25) is 9.84 Å². The second-order valence-corrected chi connectivity index (χ2v) is 9.18. The number of fused-ring (bicyclic) bond motifs is 2. The van der Waals surface area contributed by atoms with E-state index in [1.54, 1.807) is 36.4 Å². The fraction of sp³-hybridized carbons (Fsp3) is 0.125. The number of benzene rings is 3. The lowest BCUT2D eigenvalue weighted by Gasteiger charge is -2.19. The van der Waals surface area contributed by atoms with Crippen molar-refractivity contribution < 1.29 is 22.8 Å². The number of rotatable bonds is 5. The molecule has 0 aromatic heterocycles. The number of nitrogens with one attached hydrogen (secondary N) is 2. The van der Waals surface area contributed by atoms with Crippen LogP contribution in [0.3, 0.4) is 0 Å². The van der Waals surface area contributed by atoms with Crippen LogP contribution in [0.2, 0.25) is 0 Å². The molecule has 0 spiro atoms. The molecule has 8 heteroatoms. The predicted octanol–water partition coefficient (Wildman–Crippen LogP) is 3.46. The topological polar surface area (TPSA) is 109 Å². The molecule has 1 aliphatic heterocycles. The van der Waals surface area contributed by atoms with Crippen LogP contribution in [-0.4, -0.2) is 32.6 Å². The highest BCUT2D eigenvalue weighted by Crippen LogP contribution is 2.34. The molecule has 0 unspecified atom stereocenters. The molecule has 162 valence electrons. The molecule has 0 bridgehead atoms. The van der Waals surface area contributed by atoms with E-state index in [4.69, 9.17) is 0 Å². The van der Waals surface area contributed by atoms with Crippen LogP contribution in [0.5, 0.6) is 0 Å². The molecular weight excluding hydrogens is 428 g/mol. The molecule has 4 rings (SSSR count). The highest BCUT2D eigenvalue weighted by molar-refractivity contribution is 7.91. The summed E-state index contributed by atoms with van der Waals surface area (Å²) in [4.78, 5) is 37.8. The van der Waals surface area contributed by atoms with Gasteiger partial charge in [-0.1, -0.05) is 31.2 Å². The maximum Gasteiger partial charge on any atom is 0.255 e. The van der Waals surface area contributed by atoms with Crippen LogP contribution in [0.1, 0.15) is 50.0 Å². The van der Waals surface area contributed by atoms with Crippen molar-refractivity contribution in [3.05, 3.63) is 89.0 Å². The Bertz CT molecular complexity index is 1360. The van der Waals surface area contributed by atoms with Gasteiger partial charge in [-0.25, -0.2) is 8.42 Å². The van der Waals surface area contributed by atoms with Crippen molar-refractivity contribution in [2.45, 2.75) is 23.1 Å². The summed E-state index contributed by atoms with van der Waals surface area (Å²) in [7, 11) is -3.96. The maximum atomic E-state index is 13.1. The van der Waals surface area contributed by atoms with E-state index in [0.29, 0.717) is 17.8 Å². The lowest BCUT2D eigenvalue weighted by Crippen LogP contribution is -2.26. The Kier molecular flexibility index (Phi) is 5.63. The van der Waals surface area contributed by atoms with E-state index < -0.39 is 21.5 Å². The average Bonchev–Trinajstić information content (AvgIpc) is 2.81. The molecule has 1 aliphatic rings. The molecule has 0 fully saturated rings. The zero-order valence-electron chi connectivity index (χ0n) is 17.2. The summed E-state index contributed by atoms with van der Waals surface area (Å²) in [5.41, 5.74) is 0.796. The first-order chi connectivity index (χ1) is 15.3.